The van der Waals surface area contributed by atoms with Crippen molar-refractivity contribution in [2.45, 2.75) is 6.04 Å². The highest BCUT2D eigenvalue weighted by Gasteiger charge is 2.35. The summed E-state index contributed by atoms with van der Waals surface area (Å²) >= 11 is 0. The Morgan fingerprint density at radius 3 is 2.85 bits per heavy atom. The van der Waals surface area contributed by atoms with Crippen molar-refractivity contribution in [2.24, 2.45) is 0 Å². The summed E-state index contributed by atoms with van der Waals surface area (Å²) < 4.78 is 5.02. The zero-order valence-electron chi connectivity index (χ0n) is 10.8. The predicted octanol–water partition coefficient (Wildman–Crippen LogP) is -0.280. The molecule has 1 aliphatic rings. The quantitative estimate of drug-likeness (QED) is 0.792. The van der Waals surface area contributed by atoms with Crippen LogP contribution < -0.4 is 10.1 Å². The lowest BCUT2D eigenvalue weighted by Crippen LogP contribution is -2.59. The summed E-state index contributed by atoms with van der Waals surface area (Å²) in [6, 6.07) is 5.30. The number of carboxylic acid groups (broad SMARTS) is 1. The van der Waals surface area contributed by atoms with Gasteiger partial charge in [-0.05, 0) is 18.2 Å². The predicted molar refractivity (Wildman–Crippen MR) is 68.5 cm³/mol. The highest BCUT2D eigenvalue weighted by molar-refractivity contribution is 6.00. The molecular formula is C13H14N2O5. The Kier molecular flexibility index (Phi) is 3.88. The molecule has 1 saturated heterocycles. The summed E-state index contributed by atoms with van der Waals surface area (Å²) in [4.78, 5) is 35.9. The molecule has 1 aromatic carbocycles. The number of nitrogens with one attached hydrogen (secondary N) is 1. The molecule has 1 aliphatic heterocycles. The third kappa shape index (κ3) is 2.71. The zero-order valence-corrected chi connectivity index (χ0v) is 10.8. The second-order valence-electron chi connectivity index (χ2n) is 4.32. The molecule has 0 saturated carbocycles. The number of carbonyl (C=O) groups is 3. The number of nitrogens with zero attached hydrogens (tertiary/aromatic N) is 1. The number of methoxy groups -OCH3 is 1. The molecule has 106 valence electrons. The molecule has 0 aliphatic carbocycles. The van der Waals surface area contributed by atoms with Gasteiger partial charge in [-0.25, -0.2) is 4.79 Å². The third-order valence-corrected chi connectivity index (χ3v) is 3.05. The van der Waals surface area contributed by atoms with E-state index in [0.717, 1.165) is 4.90 Å². The molecule has 0 bridgehead atoms. The number of benzene rings is 1. The van der Waals surface area contributed by atoms with Crippen molar-refractivity contribution >= 4 is 17.8 Å². The van der Waals surface area contributed by atoms with E-state index in [1.54, 1.807) is 18.2 Å². The van der Waals surface area contributed by atoms with Crippen LogP contribution in [0.1, 0.15) is 10.4 Å². The lowest BCUT2D eigenvalue weighted by molar-refractivity contribution is -0.144. The number of carboxylic acids is 1. The summed E-state index contributed by atoms with van der Waals surface area (Å²) in [5.41, 5.74) is 0.283. The number of piperazine rings is 1. The van der Waals surface area contributed by atoms with Gasteiger partial charge in [-0.1, -0.05) is 6.07 Å². The van der Waals surface area contributed by atoms with Crippen LogP contribution in [-0.2, 0) is 9.59 Å². The van der Waals surface area contributed by atoms with E-state index in [0.29, 0.717) is 5.75 Å². The van der Waals surface area contributed by atoms with Crippen molar-refractivity contribution in [3.63, 3.8) is 0 Å². The van der Waals surface area contributed by atoms with Crippen molar-refractivity contribution in [3.8, 4) is 5.75 Å². The lowest BCUT2D eigenvalue weighted by atomic mass is 10.1. The van der Waals surface area contributed by atoms with Gasteiger partial charge in [0.1, 0.15) is 18.3 Å². The van der Waals surface area contributed by atoms with Crippen molar-refractivity contribution in [3.05, 3.63) is 29.8 Å². The molecule has 2 N–H and O–H groups in total. The summed E-state index contributed by atoms with van der Waals surface area (Å²) in [7, 11) is 1.47. The fraction of sp³-hybridized carbons (Fsp3) is 0.308. The van der Waals surface area contributed by atoms with Gasteiger partial charge in [0.05, 0.1) is 7.11 Å². The van der Waals surface area contributed by atoms with Gasteiger partial charge < -0.3 is 20.1 Å². The van der Waals surface area contributed by atoms with Gasteiger partial charge in [-0.2, -0.15) is 0 Å². The SMILES string of the molecule is COc1cccc(C(=O)N2CC(=O)NCC2C(=O)O)c1. The van der Waals surface area contributed by atoms with Crippen molar-refractivity contribution in [1.82, 2.24) is 10.2 Å². The van der Waals surface area contributed by atoms with Crippen LogP contribution in [0.4, 0.5) is 0 Å². The van der Waals surface area contributed by atoms with Crippen molar-refractivity contribution in [2.75, 3.05) is 20.2 Å². The zero-order chi connectivity index (χ0) is 14.7. The molecule has 0 aromatic heterocycles. The average Bonchev–Trinajstić information content (AvgIpc) is 2.46. The van der Waals surface area contributed by atoms with Gasteiger partial charge in [0.2, 0.25) is 5.91 Å². The Bertz CT molecular complexity index is 557. The van der Waals surface area contributed by atoms with Crippen LogP contribution in [0.5, 0.6) is 5.75 Å². The molecule has 0 radical (unpaired) electrons. The first-order valence-corrected chi connectivity index (χ1v) is 5.97. The second kappa shape index (κ2) is 5.60. The van der Waals surface area contributed by atoms with E-state index < -0.39 is 17.9 Å². The molecule has 20 heavy (non-hydrogen) atoms. The van der Waals surface area contributed by atoms with Gasteiger partial charge in [0.25, 0.3) is 5.91 Å². The molecule has 0 spiro atoms. The molecule has 7 heteroatoms. The van der Waals surface area contributed by atoms with Crippen LogP contribution in [0.15, 0.2) is 24.3 Å². The molecule has 1 atom stereocenters. The van der Waals surface area contributed by atoms with Crippen LogP contribution in [-0.4, -0.2) is 54.0 Å². The van der Waals surface area contributed by atoms with Gasteiger partial charge in [0, 0.05) is 12.1 Å². The molecule has 1 heterocycles. The van der Waals surface area contributed by atoms with Crippen LogP contribution in [0, 0.1) is 0 Å². The van der Waals surface area contributed by atoms with Crippen molar-refractivity contribution in [1.29, 1.82) is 0 Å². The fourth-order valence-electron chi connectivity index (χ4n) is 2.00. The maximum Gasteiger partial charge on any atom is 0.328 e. The first-order chi connectivity index (χ1) is 9.52. The standard InChI is InChI=1S/C13H14N2O5/c1-20-9-4-2-3-8(5-9)12(17)15-7-11(16)14-6-10(15)13(18)19/h2-5,10H,6-7H2,1H3,(H,14,16)(H,18,19). The van der Waals surface area contributed by atoms with Gasteiger partial charge in [0.15, 0.2) is 0 Å². The highest BCUT2D eigenvalue weighted by atomic mass is 16.5. The van der Waals surface area contributed by atoms with E-state index in [9.17, 15) is 14.4 Å². The summed E-state index contributed by atoms with van der Waals surface area (Å²) in [5, 5.41) is 11.6. The molecular weight excluding hydrogens is 264 g/mol. The monoisotopic (exact) mass is 278 g/mol. The Hall–Kier alpha value is -2.57. The molecule has 1 aromatic rings. The highest BCUT2D eigenvalue weighted by Crippen LogP contribution is 2.16. The van der Waals surface area contributed by atoms with Crippen LogP contribution in [0.3, 0.4) is 0 Å². The number of ether oxygens (including phenoxy) is 1. The van der Waals surface area contributed by atoms with E-state index >= 15 is 0 Å². The Balaban J connectivity index is 2.28. The number of amides is 2. The van der Waals surface area contributed by atoms with E-state index in [2.05, 4.69) is 5.32 Å². The van der Waals surface area contributed by atoms with E-state index in [-0.39, 0.29) is 24.6 Å². The minimum atomic E-state index is -1.15. The summed E-state index contributed by atoms with van der Waals surface area (Å²) in [5.74, 6) is -1.55. The van der Waals surface area contributed by atoms with Crippen LogP contribution >= 0.6 is 0 Å². The largest absolute Gasteiger partial charge is 0.497 e. The van der Waals surface area contributed by atoms with Crippen LogP contribution in [0.2, 0.25) is 0 Å². The van der Waals surface area contributed by atoms with Gasteiger partial charge in [-0.3, -0.25) is 9.59 Å². The first kappa shape index (κ1) is 13.9. The minimum absolute atomic E-state index is 0.0934. The van der Waals surface area contributed by atoms with Gasteiger partial charge in [-0.15, -0.1) is 0 Å². The Morgan fingerprint density at radius 2 is 2.20 bits per heavy atom. The fourth-order valence-corrected chi connectivity index (χ4v) is 2.00. The Labute approximate surface area is 115 Å². The number of hydrogen-bond acceptors (Lipinski definition) is 4. The molecule has 1 unspecified atom stereocenters. The smallest absolute Gasteiger partial charge is 0.328 e. The minimum Gasteiger partial charge on any atom is -0.497 e. The van der Waals surface area contributed by atoms with E-state index in [1.807, 2.05) is 0 Å². The summed E-state index contributed by atoms with van der Waals surface area (Å²) in [6.07, 6.45) is 0. The Morgan fingerprint density at radius 1 is 1.45 bits per heavy atom. The summed E-state index contributed by atoms with van der Waals surface area (Å²) in [6.45, 7) is -0.364. The number of rotatable bonds is 3. The average molecular weight is 278 g/mol. The van der Waals surface area contributed by atoms with Crippen molar-refractivity contribution < 1.29 is 24.2 Å². The molecule has 2 rings (SSSR count). The maximum atomic E-state index is 12.4. The number of carbonyl (C=O) groups excluding carboxylic acids is 2. The third-order valence-electron chi connectivity index (χ3n) is 3.05. The molecule has 7 nitrogen and oxygen atoms in total. The van der Waals surface area contributed by atoms with Gasteiger partial charge >= 0.3 is 5.97 Å². The number of aliphatic carboxylic acids is 1. The van der Waals surface area contributed by atoms with Crippen LogP contribution in [0.25, 0.3) is 0 Å². The number of hydrogen-bond donors (Lipinski definition) is 2. The molecule has 1 fully saturated rings. The topological polar surface area (TPSA) is 95.9 Å². The second-order valence-corrected chi connectivity index (χ2v) is 4.32. The van der Waals surface area contributed by atoms with E-state index in [4.69, 9.17) is 9.84 Å². The molecule has 2 amide bonds. The normalized spacial score (nSPS) is 18.4. The maximum absolute atomic E-state index is 12.4. The first-order valence-electron chi connectivity index (χ1n) is 5.97. The lowest BCUT2D eigenvalue weighted by Gasteiger charge is -2.32. The van der Waals surface area contributed by atoms with E-state index in [1.165, 1.54) is 13.2 Å².